The molecule has 0 amide bonds. The van der Waals surface area contributed by atoms with E-state index >= 15 is 0 Å². The van der Waals surface area contributed by atoms with Gasteiger partial charge in [0.05, 0.1) is 5.56 Å². The number of esters is 1. The first kappa shape index (κ1) is 17.8. The van der Waals surface area contributed by atoms with Crippen LogP contribution in [0.25, 0.3) is 0 Å². The summed E-state index contributed by atoms with van der Waals surface area (Å²) in [5, 5.41) is 3.54. The molecular weight excluding hydrogens is 288 g/mol. The fourth-order valence-electron chi connectivity index (χ4n) is 2.62. The van der Waals surface area contributed by atoms with Gasteiger partial charge in [-0.15, -0.1) is 12.4 Å². The number of rotatable bonds is 5. The summed E-state index contributed by atoms with van der Waals surface area (Å²) in [6.45, 7) is 2.46. The van der Waals surface area contributed by atoms with Crippen molar-refractivity contribution in [2.75, 3.05) is 12.3 Å². The normalized spacial score (nSPS) is 16.8. The molecule has 0 heterocycles. The zero-order chi connectivity index (χ0) is 14.4. The summed E-state index contributed by atoms with van der Waals surface area (Å²) >= 11 is 0. The monoisotopic (exact) mass is 312 g/mol. The molecule has 1 fully saturated rings. The van der Waals surface area contributed by atoms with Crippen molar-refractivity contribution in [3.63, 3.8) is 0 Å². The Hall–Kier alpha value is -1.26. The van der Waals surface area contributed by atoms with Gasteiger partial charge in [0.25, 0.3) is 0 Å². The summed E-state index contributed by atoms with van der Waals surface area (Å²) in [7, 11) is 0. The second-order valence-corrected chi connectivity index (χ2v) is 5.62. The van der Waals surface area contributed by atoms with Crippen LogP contribution in [-0.2, 0) is 4.74 Å². The minimum Gasteiger partial charge on any atom is -0.460 e. The highest BCUT2D eigenvalue weighted by atomic mass is 35.5. The summed E-state index contributed by atoms with van der Waals surface area (Å²) in [4.78, 5) is 11.9. The number of halogens is 1. The lowest BCUT2D eigenvalue weighted by Crippen LogP contribution is -2.40. The van der Waals surface area contributed by atoms with Crippen molar-refractivity contribution in [1.29, 1.82) is 0 Å². The number of nitrogen functional groups attached to an aromatic ring is 1. The second kappa shape index (κ2) is 8.90. The number of benzene rings is 1. The number of nitrogens with one attached hydrogen (secondary N) is 1. The van der Waals surface area contributed by atoms with E-state index in [-0.39, 0.29) is 24.4 Å². The molecule has 0 spiro atoms. The third-order valence-electron chi connectivity index (χ3n) is 3.74. The first-order valence-corrected chi connectivity index (χ1v) is 7.44. The van der Waals surface area contributed by atoms with E-state index in [0.29, 0.717) is 23.9 Å². The molecule has 1 saturated carbocycles. The zero-order valence-electron chi connectivity index (χ0n) is 12.5. The Bertz CT molecular complexity index is 430. The number of nitrogens with two attached hydrogens (primary N) is 1. The Morgan fingerprint density at radius 2 is 1.90 bits per heavy atom. The Morgan fingerprint density at radius 1 is 1.29 bits per heavy atom. The van der Waals surface area contributed by atoms with Gasteiger partial charge in [-0.3, -0.25) is 0 Å². The van der Waals surface area contributed by atoms with Crippen LogP contribution in [0.1, 0.15) is 49.4 Å². The number of hydrogen-bond donors (Lipinski definition) is 2. The third-order valence-corrected chi connectivity index (χ3v) is 3.74. The molecule has 1 aromatic rings. The van der Waals surface area contributed by atoms with Crippen LogP contribution in [0, 0.1) is 0 Å². The highest BCUT2D eigenvalue weighted by Crippen LogP contribution is 2.17. The van der Waals surface area contributed by atoms with Gasteiger partial charge in [0.2, 0.25) is 0 Å². The van der Waals surface area contributed by atoms with E-state index in [9.17, 15) is 4.79 Å². The van der Waals surface area contributed by atoms with E-state index in [1.165, 1.54) is 32.1 Å². The van der Waals surface area contributed by atoms with Gasteiger partial charge in [0, 0.05) is 17.8 Å². The van der Waals surface area contributed by atoms with Gasteiger partial charge < -0.3 is 15.8 Å². The number of carbonyl (C=O) groups is 1. The van der Waals surface area contributed by atoms with Gasteiger partial charge in [-0.2, -0.15) is 0 Å². The zero-order valence-corrected chi connectivity index (χ0v) is 13.3. The van der Waals surface area contributed by atoms with Gasteiger partial charge in [-0.1, -0.05) is 19.3 Å². The average Bonchev–Trinajstić information content (AvgIpc) is 2.46. The van der Waals surface area contributed by atoms with Gasteiger partial charge in [-0.25, -0.2) is 4.79 Å². The fourth-order valence-corrected chi connectivity index (χ4v) is 2.62. The summed E-state index contributed by atoms with van der Waals surface area (Å²) < 4.78 is 5.33. The van der Waals surface area contributed by atoms with E-state index in [1.54, 1.807) is 24.3 Å². The summed E-state index contributed by atoms with van der Waals surface area (Å²) in [6, 6.07) is 7.57. The highest BCUT2D eigenvalue weighted by Gasteiger charge is 2.16. The minimum absolute atomic E-state index is 0. The van der Waals surface area contributed by atoms with Crippen LogP contribution >= 0.6 is 12.4 Å². The maximum absolute atomic E-state index is 11.9. The van der Waals surface area contributed by atoms with Crippen molar-refractivity contribution in [3.8, 4) is 0 Å². The molecule has 3 N–H and O–H groups in total. The topological polar surface area (TPSA) is 64.3 Å². The van der Waals surface area contributed by atoms with Crippen molar-refractivity contribution in [3.05, 3.63) is 29.8 Å². The lowest BCUT2D eigenvalue weighted by molar-refractivity contribution is 0.0464. The van der Waals surface area contributed by atoms with Crippen LogP contribution in [0.15, 0.2) is 24.3 Å². The van der Waals surface area contributed by atoms with Gasteiger partial charge in [-0.05, 0) is 44.0 Å². The second-order valence-electron chi connectivity index (χ2n) is 5.62. The molecule has 0 bridgehead atoms. The number of anilines is 1. The SMILES string of the molecule is CC(COC(=O)c1ccc(N)cc1)NC1CCCCC1.Cl. The van der Waals surface area contributed by atoms with Crippen LogP contribution in [0.4, 0.5) is 5.69 Å². The lowest BCUT2D eigenvalue weighted by Gasteiger charge is -2.26. The Morgan fingerprint density at radius 3 is 2.52 bits per heavy atom. The molecule has 21 heavy (non-hydrogen) atoms. The molecule has 0 aromatic heterocycles. The fraction of sp³-hybridized carbons (Fsp3) is 0.562. The summed E-state index contributed by atoms with van der Waals surface area (Å²) in [5.74, 6) is -0.290. The molecule has 0 saturated heterocycles. The van der Waals surface area contributed by atoms with Crippen LogP contribution < -0.4 is 11.1 Å². The van der Waals surface area contributed by atoms with Crippen molar-refractivity contribution >= 4 is 24.1 Å². The average molecular weight is 313 g/mol. The maximum atomic E-state index is 11.9. The van der Waals surface area contributed by atoms with E-state index in [2.05, 4.69) is 12.2 Å². The molecule has 0 aliphatic heterocycles. The first-order valence-electron chi connectivity index (χ1n) is 7.44. The van der Waals surface area contributed by atoms with Gasteiger partial charge in [0.15, 0.2) is 0 Å². The standard InChI is InChI=1S/C16H24N2O2.ClH/c1-12(18-15-5-3-2-4-6-15)11-20-16(19)13-7-9-14(17)10-8-13;/h7-10,12,15,18H,2-6,11,17H2,1H3;1H. The quantitative estimate of drug-likeness (QED) is 0.647. The molecule has 0 radical (unpaired) electrons. The lowest BCUT2D eigenvalue weighted by atomic mass is 9.95. The van der Waals surface area contributed by atoms with E-state index in [4.69, 9.17) is 10.5 Å². The predicted molar refractivity (Wildman–Crippen MR) is 87.9 cm³/mol. The van der Waals surface area contributed by atoms with Crippen molar-refractivity contribution in [2.24, 2.45) is 0 Å². The molecule has 4 nitrogen and oxygen atoms in total. The van der Waals surface area contributed by atoms with Crippen LogP contribution in [-0.4, -0.2) is 24.7 Å². The van der Waals surface area contributed by atoms with Crippen LogP contribution in [0.2, 0.25) is 0 Å². The number of hydrogen-bond acceptors (Lipinski definition) is 4. The maximum Gasteiger partial charge on any atom is 0.338 e. The molecule has 1 unspecified atom stereocenters. The minimum atomic E-state index is -0.290. The molecule has 118 valence electrons. The van der Waals surface area contributed by atoms with Crippen LogP contribution in [0.5, 0.6) is 0 Å². The molecule has 1 aromatic carbocycles. The molecule has 2 rings (SSSR count). The Kier molecular flexibility index (Phi) is 7.54. The van der Waals surface area contributed by atoms with Crippen molar-refractivity contribution in [1.82, 2.24) is 5.32 Å². The highest BCUT2D eigenvalue weighted by molar-refractivity contribution is 5.89. The molecule has 1 aliphatic carbocycles. The Balaban J connectivity index is 0.00000220. The molecule has 1 atom stereocenters. The largest absolute Gasteiger partial charge is 0.460 e. The van der Waals surface area contributed by atoms with Gasteiger partial charge in [0.1, 0.15) is 6.61 Å². The smallest absolute Gasteiger partial charge is 0.338 e. The van der Waals surface area contributed by atoms with Crippen LogP contribution in [0.3, 0.4) is 0 Å². The first-order chi connectivity index (χ1) is 9.65. The van der Waals surface area contributed by atoms with Crippen molar-refractivity contribution in [2.45, 2.75) is 51.1 Å². The summed E-state index contributed by atoms with van der Waals surface area (Å²) in [6.07, 6.45) is 6.41. The van der Waals surface area contributed by atoms with Gasteiger partial charge >= 0.3 is 5.97 Å². The van der Waals surface area contributed by atoms with E-state index in [1.807, 2.05) is 0 Å². The third kappa shape index (κ3) is 5.94. The van der Waals surface area contributed by atoms with E-state index < -0.39 is 0 Å². The predicted octanol–water partition coefficient (Wildman–Crippen LogP) is 3.16. The number of ether oxygens (including phenoxy) is 1. The molecular formula is C16H25ClN2O2. The Labute approximate surface area is 132 Å². The van der Waals surface area contributed by atoms with E-state index in [0.717, 1.165) is 0 Å². The molecule has 1 aliphatic rings. The number of carbonyl (C=O) groups excluding carboxylic acids is 1. The molecule has 5 heteroatoms. The van der Waals surface area contributed by atoms with Crippen molar-refractivity contribution < 1.29 is 9.53 Å². The summed E-state index contributed by atoms with van der Waals surface area (Å²) in [5.41, 5.74) is 6.78.